The Kier molecular flexibility index (Phi) is 4.36. The van der Waals surface area contributed by atoms with E-state index in [2.05, 4.69) is 14.7 Å². The van der Waals surface area contributed by atoms with Gasteiger partial charge in [0.25, 0.3) is 6.10 Å². The summed E-state index contributed by atoms with van der Waals surface area (Å²) in [5.74, 6) is -7.76. The second kappa shape index (κ2) is 4.80. The molecule has 0 fully saturated rings. The number of hydrogen-bond acceptors (Lipinski definition) is 8. The van der Waals surface area contributed by atoms with E-state index in [-0.39, 0.29) is 0 Å². The molecule has 0 heterocycles. The average Bonchev–Trinajstić information content (AvgIpc) is 2.12. The number of aliphatic carboxylic acids is 2. The lowest BCUT2D eigenvalue weighted by Crippen LogP contribution is -2.57. The Balaban J connectivity index is 5.13. The summed E-state index contributed by atoms with van der Waals surface area (Å²) in [5, 5.41) is 40.8. The minimum atomic E-state index is -3.47. The number of hydrogen-bond donors (Lipinski definition) is 5. The summed E-state index contributed by atoms with van der Waals surface area (Å²) in [6, 6.07) is 0. The van der Waals surface area contributed by atoms with Crippen LogP contribution in [0, 0.1) is 0 Å². The third-order valence-corrected chi connectivity index (χ3v) is 1.24. The van der Waals surface area contributed by atoms with E-state index in [4.69, 9.17) is 26.0 Å². The quantitative estimate of drug-likeness (QED) is 0.203. The molecule has 0 aliphatic rings. The molecule has 5 N–H and O–H groups in total. The lowest BCUT2D eigenvalue weighted by atomic mass is 10.1. The van der Waals surface area contributed by atoms with E-state index in [1.54, 1.807) is 0 Å². The monoisotopic (exact) mass is 214 g/mol. The van der Waals surface area contributed by atoms with Crippen LogP contribution in [-0.2, 0) is 24.3 Å². The van der Waals surface area contributed by atoms with Crippen molar-refractivity contribution in [1.29, 1.82) is 0 Å². The summed E-state index contributed by atoms with van der Waals surface area (Å²) >= 11 is 0. The van der Waals surface area contributed by atoms with Gasteiger partial charge in [0, 0.05) is 0 Å². The number of carboxylic acid groups (broad SMARTS) is 2. The first-order valence-corrected chi connectivity index (χ1v) is 2.87. The second-order valence-corrected chi connectivity index (χ2v) is 1.98. The predicted molar refractivity (Wildman–Crippen MR) is 32.9 cm³/mol. The van der Waals surface area contributed by atoms with Gasteiger partial charge in [0.2, 0.25) is 0 Å². The predicted octanol–water partition coefficient (Wildman–Crippen LogP) is -1.31. The minimum Gasteiger partial charge on any atom is -0.479 e. The SMILES string of the molecule is O=C(O)C(OO)C(OO)(OO)C(=O)O. The molecular weight excluding hydrogens is 208 g/mol. The van der Waals surface area contributed by atoms with Gasteiger partial charge < -0.3 is 10.2 Å². The van der Waals surface area contributed by atoms with E-state index in [0.717, 1.165) is 0 Å². The summed E-state index contributed by atoms with van der Waals surface area (Å²) in [7, 11) is 0. The number of carboxylic acids is 2. The van der Waals surface area contributed by atoms with E-state index < -0.39 is 23.8 Å². The lowest BCUT2D eigenvalue weighted by Gasteiger charge is -2.24. The van der Waals surface area contributed by atoms with Crippen LogP contribution >= 0.6 is 0 Å². The first-order chi connectivity index (χ1) is 6.46. The molecule has 0 bridgehead atoms. The van der Waals surface area contributed by atoms with Crippen LogP contribution in [0.25, 0.3) is 0 Å². The van der Waals surface area contributed by atoms with Gasteiger partial charge in [-0.15, -0.1) is 0 Å². The molecule has 10 nitrogen and oxygen atoms in total. The van der Waals surface area contributed by atoms with Crippen molar-refractivity contribution < 1.29 is 50.2 Å². The number of rotatable bonds is 6. The third-order valence-electron chi connectivity index (χ3n) is 1.24. The van der Waals surface area contributed by atoms with Gasteiger partial charge in [-0.3, -0.25) is 5.26 Å². The molecule has 1 atom stereocenters. The highest BCUT2D eigenvalue weighted by atomic mass is 17.2. The van der Waals surface area contributed by atoms with Gasteiger partial charge in [0.05, 0.1) is 0 Å². The Bertz CT molecular complexity index is 218. The smallest absolute Gasteiger partial charge is 0.373 e. The molecule has 1 unspecified atom stereocenters. The Labute approximate surface area is 75.3 Å². The Morgan fingerprint density at radius 2 is 1.50 bits per heavy atom. The highest BCUT2D eigenvalue weighted by Crippen LogP contribution is 2.19. The van der Waals surface area contributed by atoms with Crippen molar-refractivity contribution in [2.75, 3.05) is 0 Å². The van der Waals surface area contributed by atoms with Crippen molar-refractivity contribution in [3.05, 3.63) is 0 Å². The highest BCUT2D eigenvalue weighted by molar-refractivity contribution is 5.86. The van der Waals surface area contributed by atoms with Crippen molar-refractivity contribution in [1.82, 2.24) is 0 Å². The lowest BCUT2D eigenvalue weighted by molar-refractivity contribution is -0.501. The molecule has 0 radical (unpaired) electrons. The zero-order valence-corrected chi connectivity index (χ0v) is 6.35. The average molecular weight is 214 g/mol. The molecule has 14 heavy (non-hydrogen) atoms. The highest BCUT2D eigenvalue weighted by Gasteiger charge is 2.57. The Morgan fingerprint density at radius 1 is 1.07 bits per heavy atom. The van der Waals surface area contributed by atoms with Crippen LogP contribution in [0.15, 0.2) is 0 Å². The van der Waals surface area contributed by atoms with Crippen LogP contribution in [0.1, 0.15) is 0 Å². The van der Waals surface area contributed by atoms with Gasteiger partial charge in [-0.2, -0.15) is 9.78 Å². The maximum atomic E-state index is 10.4. The van der Waals surface area contributed by atoms with Gasteiger partial charge >= 0.3 is 17.7 Å². The van der Waals surface area contributed by atoms with E-state index in [9.17, 15) is 9.59 Å². The van der Waals surface area contributed by atoms with Crippen molar-refractivity contribution in [3.8, 4) is 0 Å². The molecule has 10 heteroatoms. The van der Waals surface area contributed by atoms with Crippen molar-refractivity contribution in [2.45, 2.75) is 11.9 Å². The largest absolute Gasteiger partial charge is 0.479 e. The fourth-order valence-electron chi connectivity index (χ4n) is 0.580. The molecule has 0 aromatic heterocycles. The molecule has 0 saturated carbocycles. The summed E-state index contributed by atoms with van der Waals surface area (Å²) in [6.07, 6.45) is -2.69. The summed E-state index contributed by atoms with van der Waals surface area (Å²) in [4.78, 5) is 30.1. The van der Waals surface area contributed by atoms with E-state index in [1.807, 2.05) is 0 Å². The van der Waals surface area contributed by atoms with Crippen LogP contribution in [0.5, 0.6) is 0 Å². The molecule has 82 valence electrons. The van der Waals surface area contributed by atoms with E-state index in [0.29, 0.717) is 0 Å². The van der Waals surface area contributed by atoms with Gasteiger partial charge in [0.15, 0.2) is 0 Å². The fraction of sp³-hybridized carbons (Fsp3) is 0.500. The molecule has 0 aromatic rings. The fourth-order valence-corrected chi connectivity index (χ4v) is 0.580. The first-order valence-electron chi connectivity index (χ1n) is 2.87. The second-order valence-electron chi connectivity index (χ2n) is 1.98. The van der Waals surface area contributed by atoms with Crippen molar-refractivity contribution in [3.63, 3.8) is 0 Å². The van der Waals surface area contributed by atoms with E-state index >= 15 is 0 Å². The van der Waals surface area contributed by atoms with Gasteiger partial charge in [-0.1, -0.05) is 0 Å². The van der Waals surface area contributed by atoms with Crippen LogP contribution in [0.2, 0.25) is 0 Å². The molecule has 0 rings (SSSR count). The maximum absolute atomic E-state index is 10.4. The molecular formula is C4H6O10. The summed E-state index contributed by atoms with van der Waals surface area (Å²) < 4.78 is 0. The number of carbonyl (C=O) groups is 2. The Morgan fingerprint density at radius 3 is 1.57 bits per heavy atom. The third kappa shape index (κ3) is 1.95. The van der Waals surface area contributed by atoms with Crippen LogP contribution in [0.3, 0.4) is 0 Å². The summed E-state index contributed by atoms with van der Waals surface area (Å²) in [6.45, 7) is 0. The van der Waals surface area contributed by atoms with Crippen LogP contribution in [0.4, 0.5) is 0 Å². The zero-order valence-electron chi connectivity index (χ0n) is 6.35. The minimum absolute atomic E-state index is 2.06. The summed E-state index contributed by atoms with van der Waals surface area (Å²) in [5.41, 5.74) is 0. The standard InChI is InChI=1S/C4H6O10/c5-2(6)1(12-9)4(13-10,14-11)3(7)8/h1,9-11H,(H,5,6)(H,7,8). The molecule has 0 saturated heterocycles. The van der Waals surface area contributed by atoms with Gasteiger partial charge in [0.1, 0.15) is 0 Å². The molecule has 0 spiro atoms. The van der Waals surface area contributed by atoms with Crippen molar-refractivity contribution in [2.24, 2.45) is 0 Å². The normalized spacial score (nSPS) is 13.6. The topological polar surface area (TPSA) is 163 Å². The molecule has 0 aromatic carbocycles. The van der Waals surface area contributed by atoms with Crippen molar-refractivity contribution >= 4 is 11.9 Å². The van der Waals surface area contributed by atoms with Gasteiger partial charge in [-0.25, -0.2) is 25.0 Å². The van der Waals surface area contributed by atoms with Crippen LogP contribution in [-0.4, -0.2) is 49.8 Å². The Hall–Kier alpha value is -1.30. The molecule has 0 amide bonds. The first kappa shape index (κ1) is 12.7. The van der Waals surface area contributed by atoms with Gasteiger partial charge in [-0.05, 0) is 0 Å². The van der Waals surface area contributed by atoms with E-state index in [1.165, 1.54) is 0 Å². The maximum Gasteiger partial charge on any atom is 0.373 e. The van der Waals surface area contributed by atoms with Crippen LogP contribution < -0.4 is 0 Å². The zero-order chi connectivity index (χ0) is 11.4. The molecule has 0 aliphatic heterocycles. The molecule has 0 aliphatic carbocycles.